The second kappa shape index (κ2) is 4.90. The molecule has 5 nitrogen and oxygen atoms in total. The molecule has 1 fully saturated rings. The average molecular weight is 274 g/mol. The van der Waals surface area contributed by atoms with Crippen LogP contribution in [0.5, 0.6) is 0 Å². The molecule has 5 heteroatoms. The van der Waals surface area contributed by atoms with E-state index in [4.69, 9.17) is 5.11 Å². The molecule has 3 N–H and O–H groups in total. The van der Waals surface area contributed by atoms with Gasteiger partial charge in [-0.05, 0) is 48.9 Å². The Bertz CT molecular complexity index is 570. The van der Waals surface area contributed by atoms with Crippen LogP contribution in [0.4, 0.5) is 0 Å². The van der Waals surface area contributed by atoms with E-state index < -0.39 is 0 Å². The summed E-state index contributed by atoms with van der Waals surface area (Å²) in [6.45, 7) is 0.407. The Morgan fingerprint density at radius 3 is 2.90 bits per heavy atom. The van der Waals surface area contributed by atoms with Gasteiger partial charge in [0.25, 0.3) is 5.91 Å². The Labute approximate surface area is 117 Å². The third-order valence-corrected chi connectivity index (χ3v) is 4.48. The van der Waals surface area contributed by atoms with Gasteiger partial charge in [0.2, 0.25) is 5.91 Å². The first-order valence-electron chi connectivity index (χ1n) is 6.94. The molecule has 1 aliphatic heterocycles. The normalized spacial score (nSPS) is 24.4. The quantitative estimate of drug-likeness (QED) is 0.681. The number of aliphatic hydroxyl groups excluding tert-OH is 1. The number of hydrogen-bond donors (Lipinski definition) is 3. The Morgan fingerprint density at radius 1 is 1.35 bits per heavy atom. The van der Waals surface area contributed by atoms with E-state index in [0.29, 0.717) is 5.56 Å². The van der Waals surface area contributed by atoms with Crippen LogP contribution in [0.15, 0.2) is 18.2 Å². The van der Waals surface area contributed by atoms with Gasteiger partial charge in [-0.2, -0.15) is 0 Å². The third kappa shape index (κ3) is 2.08. The Balaban J connectivity index is 1.86. The first-order valence-corrected chi connectivity index (χ1v) is 6.94. The van der Waals surface area contributed by atoms with Gasteiger partial charge in [-0.25, -0.2) is 0 Å². The van der Waals surface area contributed by atoms with Crippen LogP contribution in [0.1, 0.15) is 34.3 Å². The van der Waals surface area contributed by atoms with Crippen molar-refractivity contribution in [1.82, 2.24) is 10.6 Å². The molecule has 1 aromatic carbocycles. The zero-order valence-corrected chi connectivity index (χ0v) is 11.2. The van der Waals surface area contributed by atoms with Crippen LogP contribution in [0.2, 0.25) is 0 Å². The van der Waals surface area contributed by atoms with Gasteiger partial charge in [0.15, 0.2) is 0 Å². The van der Waals surface area contributed by atoms with Crippen molar-refractivity contribution >= 4 is 11.8 Å². The molecule has 1 atom stereocenters. The summed E-state index contributed by atoms with van der Waals surface area (Å²) in [5.74, 6) is -0.0977. The molecule has 0 aromatic heterocycles. The molecule has 1 heterocycles. The van der Waals surface area contributed by atoms with E-state index in [0.717, 1.165) is 43.4 Å². The molecule has 0 radical (unpaired) electrons. The van der Waals surface area contributed by atoms with E-state index in [-0.39, 0.29) is 24.0 Å². The van der Waals surface area contributed by atoms with Crippen LogP contribution in [-0.4, -0.2) is 30.2 Å². The second-order valence-electron chi connectivity index (χ2n) is 5.61. The molecule has 0 saturated carbocycles. The smallest absolute Gasteiger partial charge is 0.253 e. The van der Waals surface area contributed by atoms with Crippen molar-refractivity contribution in [3.63, 3.8) is 0 Å². The topological polar surface area (TPSA) is 78.4 Å². The fourth-order valence-corrected chi connectivity index (χ4v) is 3.30. The lowest BCUT2D eigenvalue weighted by Crippen LogP contribution is -2.36. The summed E-state index contributed by atoms with van der Waals surface area (Å²) in [5, 5.41) is 14.0. The summed E-state index contributed by atoms with van der Waals surface area (Å²) >= 11 is 0. The van der Waals surface area contributed by atoms with Gasteiger partial charge in [-0.15, -0.1) is 0 Å². The first-order chi connectivity index (χ1) is 9.64. The predicted octanol–water partition coefficient (Wildman–Crippen LogP) is 0.361. The minimum absolute atomic E-state index is 0.172. The first kappa shape index (κ1) is 13.1. The van der Waals surface area contributed by atoms with E-state index in [2.05, 4.69) is 10.6 Å². The van der Waals surface area contributed by atoms with E-state index in [1.807, 2.05) is 12.1 Å². The molecule has 2 amide bonds. The zero-order valence-electron chi connectivity index (χ0n) is 11.2. The van der Waals surface area contributed by atoms with Crippen LogP contribution >= 0.6 is 0 Å². The standard InChI is InChI=1S/C15H18N2O3/c18-9-17-13(19)11-1-2-12-8-15(4-3-10(12)7-11)5-6-16-14(15)20/h1-2,7,18H,3-6,8-9H2,(H,16,20)(H,17,19)/t15-/m1/s1. The van der Waals surface area contributed by atoms with Crippen molar-refractivity contribution in [3.8, 4) is 0 Å². The lowest BCUT2D eigenvalue weighted by atomic mass is 9.70. The number of nitrogens with one attached hydrogen (secondary N) is 2. The maximum Gasteiger partial charge on any atom is 0.253 e. The Morgan fingerprint density at radius 2 is 2.20 bits per heavy atom. The molecular formula is C15H18N2O3. The highest BCUT2D eigenvalue weighted by molar-refractivity contribution is 5.94. The van der Waals surface area contributed by atoms with Gasteiger partial charge in [0, 0.05) is 12.1 Å². The van der Waals surface area contributed by atoms with Crippen molar-refractivity contribution in [2.45, 2.75) is 25.7 Å². The summed E-state index contributed by atoms with van der Waals surface area (Å²) in [4.78, 5) is 23.7. The highest BCUT2D eigenvalue weighted by Gasteiger charge is 2.44. The SMILES string of the molecule is O=C(NCO)c1ccc2c(c1)CC[C@@]1(CCNC1=O)C2. The van der Waals surface area contributed by atoms with E-state index in [1.54, 1.807) is 6.07 Å². The number of amides is 2. The monoisotopic (exact) mass is 274 g/mol. The molecule has 0 bridgehead atoms. The number of carbonyl (C=O) groups is 2. The molecule has 1 aromatic rings. The second-order valence-corrected chi connectivity index (χ2v) is 5.61. The van der Waals surface area contributed by atoms with Gasteiger partial charge >= 0.3 is 0 Å². The molecule has 1 saturated heterocycles. The van der Waals surface area contributed by atoms with E-state index in [1.165, 1.54) is 0 Å². The fourth-order valence-electron chi connectivity index (χ4n) is 3.30. The Kier molecular flexibility index (Phi) is 3.22. The summed E-state index contributed by atoms with van der Waals surface area (Å²) in [6, 6.07) is 5.57. The number of fused-ring (bicyclic) bond motifs is 1. The van der Waals surface area contributed by atoms with Crippen LogP contribution in [0.25, 0.3) is 0 Å². The van der Waals surface area contributed by atoms with Crippen molar-refractivity contribution in [3.05, 3.63) is 34.9 Å². The van der Waals surface area contributed by atoms with Crippen molar-refractivity contribution in [2.24, 2.45) is 5.41 Å². The van der Waals surface area contributed by atoms with Gasteiger partial charge in [-0.3, -0.25) is 9.59 Å². The molecule has 0 unspecified atom stereocenters. The van der Waals surface area contributed by atoms with Gasteiger partial charge < -0.3 is 15.7 Å². The summed E-state index contributed by atoms with van der Waals surface area (Å²) in [7, 11) is 0. The fraction of sp³-hybridized carbons (Fsp3) is 0.467. The number of hydrogen-bond acceptors (Lipinski definition) is 3. The molecule has 20 heavy (non-hydrogen) atoms. The number of aliphatic hydroxyl groups is 1. The van der Waals surface area contributed by atoms with Crippen LogP contribution in [-0.2, 0) is 17.6 Å². The van der Waals surface area contributed by atoms with Crippen molar-refractivity contribution in [1.29, 1.82) is 0 Å². The molecule has 1 spiro atoms. The molecule has 2 aliphatic rings. The zero-order chi connectivity index (χ0) is 14.2. The minimum atomic E-state index is -0.362. The van der Waals surface area contributed by atoms with Crippen molar-refractivity contribution < 1.29 is 14.7 Å². The van der Waals surface area contributed by atoms with Gasteiger partial charge in [0.1, 0.15) is 6.73 Å². The lowest BCUT2D eigenvalue weighted by Gasteiger charge is -2.32. The van der Waals surface area contributed by atoms with Crippen LogP contribution in [0.3, 0.4) is 0 Å². The minimum Gasteiger partial charge on any atom is -0.376 e. The van der Waals surface area contributed by atoms with E-state index in [9.17, 15) is 9.59 Å². The number of carbonyl (C=O) groups excluding carboxylic acids is 2. The summed E-state index contributed by atoms with van der Waals surface area (Å²) < 4.78 is 0. The largest absolute Gasteiger partial charge is 0.376 e. The summed E-state index contributed by atoms with van der Waals surface area (Å²) in [5.41, 5.74) is 2.63. The highest BCUT2D eigenvalue weighted by Crippen LogP contribution is 2.41. The lowest BCUT2D eigenvalue weighted by molar-refractivity contribution is -0.128. The summed E-state index contributed by atoms with van der Waals surface area (Å²) in [6.07, 6.45) is 3.33. The average Bonchev–Trinajstić information content (AvgIpc) is 2.79. The van der Waals surface area contributed by atoms with Gasteiger partial charge in [0.05, 0.1) is 5.41 Å². The molecule has 3 rings (SSSR count). The third-order valence-electron chi connectivity index (χ3n) is 4.48. The number of benzene rings is 1. The maximum absolute atomic E-state index is 12.0. The molecule has 106 valence electrons. The molecule has 1 aliphatic carbocycles. The van der Waals surface area contributed by atoms with Crippen molar-refractivity contribution in [2.75, 3.05) is 13.3 Å². The number of rotatable bonds is 2. The molecular weight excluding hydrogens is 256 g/mol. The van der Waals surface area contributed by atoms with Gasteiger partial charge in [-0.1, -0.05) is 6.07 Å². The number of aryl methyl sites for hydroxylation is 1. The van der Waals surface area contributed by atoms with Crippen LogP contribution < -0.4 is 10.6 Å². The van der Waals surface area contributed by atoms with Crippen LogP contribution in [0, 0.1) is 5.41 Å². The maximum atomic E-state index is 12.0. The highest BCUT2D eigenvalue weighted by atomic mass is 16.3. The van der Waals surface area contributed by atoms with E-state index >= 15 is 0 Å². The predicted molar refractivity (Wildman–Crippen MR) is 73.1 cm³/mol. The Hall–Kier alpha value is -1.88.